The number of benzene rings is 3. The number of anilines is 1. The van der Waals surface area contributed by atoms with E-state index in [2.05, 4.69) is 71.0 Å². The van der Waals surface area contributed by atoms with Crippen molar-refractivity contribution < 1.29 is 0 Å². The molecule has 0 unspecified atom stereocenters. The van der Waals surface area contributed by atoms with E-state index in [1.165, 1.54) is 0 Å². The molecule has 4 rings (SSSR count). The van der Waals surface area contributed by atoms with Gasteiger partial charge in [-0.1, -0.05) is 84.4 Å². The second-order valence-corrected chi connectivity index (χ2v) is 6.79. The number of nitrogens with zero attached hydrogens (tertiary/aromatic N) is 1. The van der Waals surface area contributed by atoms with Gasteiger partial charge in [0, 0.05) is 17.4 Å². The van der Waals surface area contributed by atoms with Crippen molar-refractivity contribution in [1.29, 1.82) is 0 Å². The van der Waals surface area contributed by atoms with Gasteiger partial charge >= 0.3 is 0 Å². The van der Waals surface area contributed by atoms with Crippen molar-refractivity contribution in [3.05, 3.63) is 131 Å². The number of rotatable bonds is 5. The Morgan fingerprint density at radius 1 is 0.630 bits per heavy atom. The standard InChI is InChI=1S/C24H19ClN2/c25-22-15-13-21(14-16-22)24(19-8-3-1-4-9-19,20-10-5-2-6-11-20)27-23-12-7-17-26-18-23/h1-18,27H. The molecule has 0 spiro atoms. The van der Waals surface area contributed by atoms with Crippen LogP contribution in [0.25, 0.3) is 0 Å². The van der Waals surface area contributed by atoms with Crippen LogP contribution in [0.5, 0.6) is 0 Å². The maximum atomic E-state index is 6.18. The van der Waals surface area contributed by atoms with Gasteiger partial charge in [0.05, 0.1) is 5.69 Å². The Morgan fingerprint density at radius 3 is 1.70 bits per heavy atom. The molecule has 0 amide bonds. The maximum absolute atomic E-state index is 6.18. The molecular weight excluding hydrogens is 352 g/mol. The van der Waals surface area contributed by atoms with Crippen molar-refractivity contribution in [2.45, 2.75) is 5.54 Å². The normalized spacial score (nSPS) is 11.1. The quantitative estimate of drug-likeness (QED) is 0.427. The summed E-state index contributed by atoms with van der Waals surface area (Å²) >= 11 is 6.18. The van der Waals surface area contributed by atoms with E-state index in [-0.39, 0.29) is 0 Å². The summed E-state index contributed by atoms with van der Waals surface area (Å²) in [6.07, 6.45) is 3.62. The van der Waals surface area contributed by atoms with Gasteiger partial charge < -0.3 is 5.32 Å². The fourth-order valence-electron chi connectivity index (χ4n) is 3.45. The highest BCUT2D eigenvalue weighted by Crippen LogP contribution is 2.40. The third kappa shape index (κ3) is 3.44. The number of nitrogens with one attached hydrogen (secondary N) is 1. The molecule has 0 saturated carbocycles. The SMILES string of the molecule is Clc1ccc(C(Nc2cccnc2)(c2ccccc2)c2ccccc2)cc1. The summed E-state index contributed by atoms with van der Waals surface area (Å²) < 4.78 is 0. The van der Waals surface area contributed by atoms with Gasteiger partial charge in [0.25, 0.3) is 0 Å². The van der Waals surface area contributed by atoms with Crippen LogP contribution in [0.1, 0.15) is 16.7 Å². The lowest BCUT2D eigenvalue weighted by atomic mass is 9.77. The summed E-state index contributed by atoms with van der Waals surface area (Å²) in [5.74, 6) is 0. The van der Waals surface area contributed by atoms with E-state index in [1.54, 1.807) is 6.20 Å². The molecule has 27 heavy (non-hydrogen) atoms. The monoisotopic (exact) mass is 370 g/mol. The van der Waals surface area contributed by atoms with Gasteiger partial charge in [-0.25, -0.2) is 0 Å². The first-order chi connectivity index (χ1) is 13.3. The fourth-order valence-corrected chi connectivity index (χ4v) is 3.57. The molecule has 0 saturated heterocycles. The van der Waals surface area contributed by atoms with Crippen molar-refractivity contribution in [2.75, 3.05) is 5.32 Å². The molecule has 1 aromatic heterocycles. The molecular formula is C24H19ClN2. The zero-order valence-electron chi connectivity index (χ0n) is 14.7. The summed E-state index contributed by atoms with van der Waals surface area (Å²) in [6, 6.07) is 32.9. The Labute approximate surface area is 164 Å². The Bertz CT molecular complexity index is 945. The summed E-state index contributed by atoms with van der Waals surface area (Å²) in [5.41, 5.74) is 3.76. The van der Waals surface area contributed by atoms with Crippen LogP contribution in [0.4, 0.5) is 5.69 Å². The van der Waals surface area contributed by atoms with Crippen molar-refractivity contribution in [1.82, 2.24) is 4.98 Å². The molecule has 132 valence electrons. The second-order valence-electron chi connectivity index (χ2n) is 6.36. The molecule has 0 atom stereocenters. The van der Waals surface area contributed by atoms with E-state index in [1.807, 2.05) is 42.6 Å². The molecule has 0 radical (unpaired) electrons. The summed E-state index contributed by atoms with van der Waals surface area (Å²) in [4.78, 5) is 4.28. The first-order valence-electron chi connectivity index (χ1n) is 8.84. The highest BCUT2D eigenvalue weighted by atomic mass is 35.5. The highest BCUT2D eigenvalue weighted by molar-refractivity contribution is 6.30. The van der Waals surface area contributed by atoms with Gasteiger partial charge in [0.1, 0.15) is 5.54 Å². The molecule has 0 aliphatic rings. The molecule has 0 bridgehead atoms. The third-order valence-electron chi connectivity index (χ3n) is 4.68. The van der Waals surface area contributed by atoms with Crippen molar-refractivity contribution in [2.24, 2.45) is 0 Å². The molecule has 4 aromatic rings. The number of hydrogen-bond acceptors (Lipinski definition) is 2. The summed E-state index contributed by atoms with van der Waals surface area (Å²) in [6.45, 7) is 0. The first kappa shape index (κ1) is 17.3. The molecule has 2 nitrogen and oxygen atoms in total. The maximum Gasteiger partial charge on any atom is 0.114 e. The van der Waals surface area contributed by atoms with Gasteiger partial charge in [0.2, 0.25) is 0 Å². The lowest BCUT2D eigenvalue weighted by Crippen LogP contribution is -2.38. The van der Waals surface area contributed by atoms with Crippen LogP contribution in [0.2, 0.25) is 5.02 Å². The molecule has 0 fully saturated rings. The third-order valence-corrected chi connectivity index (χ3v) is 4.94. The van der Waals surface area contributed by atoms with Crippen molar-refractivity contribution >= 4 is 17.3 Å². The van der Waals surface area contributed by atoms with Crippen LogP contribution in [0.15, 0.2) is 109 Å². The number of aromatic nitrogens is 1. The molecule has 3 heteroatoms. The Hall–Kier alpha value is -3.10. The highest BCUT2D eigenvalue weighted by Gasteiger charge is 2.36. The molecule has 1 N–H and O–H groups in total. The van der Waals surface area contributed by atoms with E-state index < -0.39 is 5.54 Å². The average molecular weight is 371 g/mol. The fraction of sp³-hybridized carbons (Fsp3) is 0.0417. The van der Waals surface area contributed by atoms with Gasteiger partial charge in [-0.3, -0.25) is 4.98 Å². The molecule has 3 aromatic carbocycles. The van der Waals surface area contributed by atoms with Crippen LogP contribution in [0, 0.1) is 0 Å². The number of hydrogen-bond donors (Lipinski definition) is 1. The topological polar surface area (TPSA) is 24.9 Å². The van der Waals surface area contributed by atoms with Gasteiger partial charge in [-0.05, 0) is 41.0 Å². The Kier molecular flexibility index (Phi) is 4.91. The van der Waals surface area contributed by atoms with Crippen LogP contribution in [0.3, 0.4) is 0 Å². The van der Waals surface area contributed by atoms with Gasteiger partial charge in [-0.15, -0.1) is 0 Å². The lowest BCUT2D eigenvalue weighted by molar-refractivity contribution is 0.711. The minimum Gasteiger partial charge on any atom is -0.367 e. The van der Waals surface area contributed by atoms with E-state index in [9.17, 15) is 0 Å². The van der Waals surface area contributed by atoms with E-state index in [0.717, 1.165) is 27.4 Å². The Morgan fingerprint density at radius 2 is 1.19 bits per heavy atom. The summed E-state index contributed by atoms with van der Waals surface area (Å²) in [5, 5.41) is 4.47. The van der Waals surface area contributed by atoms with Crippen molar-refractivity contribution in [3.8, 4) is 0 Å². The average Bonchev–Trinajstić information content (AvgIpc) is 2.75. The predicted molar refractivity (Wildman–Crippen MR) is 112 cm³/mol. The molecule has 1 heterocycles. The van der Waals surface area contributed by atoms with Crippen molar-refractivity contribution in [3.63, 3.8) is 0 Å². The van der Waals surface area contributed by atoms with E-state index in [4.69, 9.17) is 11.6 Å². The predicted octanol–water partition coefficient (Wildman–Crippen LogP) is 6.14. The van der Waals surface area contributed by atoms with Crippen LogP contribution < -0.4 is 5.32 Å². The second kappa shape index (κ2) is 7.65. The molecule has 0 aliphatic carbocycles. The van der Waals surface area contributed by atoms with Gasteiger partial charge in [0.15, 0.2) is 0 Å². The van der Waals surface area contributed by atoms with Crippen LogP contribution in [-0.4, -0.2) is 4.98 Å². The van der Waals surface area contributed by atoms with Gasteiger partial charge in [-0.2, -0.15) is 0 Å². The minimum absolute atomic E-state index is 0.573. The zero-order chi connectivity index (χ0) is 18.5. The Balaban J connectivity index is 2.00. The number of pyridine rings is 1. The minimum atomic E-state index is -0.573. The zero-order valence-corrected chi connectivity index (χ0v) is 15.5. The van der Waals surface area contributed by atoms with E-state index >= 15 is 0 Å². The van der Waals surface area contributed by atoms with Crippen LogP contribution in [-0.2, 0) is 5.54 Å². The van der Waals surface area contributed by atoms with E-state index in [0.29, 0.717) is 0 Å². The summed E-state index contributed by atoms with van der Waals surface area (Å²) in [7, 11) is 0. The molecule has 0 aliphatic heterocycles. The smallest absolute Gasteiger partial charge is 0.114 e. The number of halogens is 1. The van der Waals surface area contributed by atoms with Crippen LogP contribution >= 0.6 is 11.6 Å². The first-order valence-corrected chi connectivity index (χ1v) is 9.22. The lowest BCUT2D eigenvalue weighted by Gasteiger charge is -2.37. The largest absolute Gasteiger partial charge is 0.367 e.